The van der Waals surface area contributed by atoms with E-state index in [1.807, 2.05) is 6.20 Å². The SMILES string of the molecule is COCCN1CCC(CNc2ccc3cn[nH]c3c2)CC1. The first-order valence-corrected chi connectivity index (χ1v) is 7.73. The highest BCUT2D eigenvalue weighted by molar-refractivity contribution is 5.81. The van der Waals surface area contributed by atoms with Crippen LogP contribution in [-0.4, -0.2) is 55.0 Å². The van der Waals surface area contributed by atoms with Crippen molar-refractivity contribution in [1.82, 2.24) is 15.1 Å². The molecule has 0 radical (unpaired) electrons. The van der Waals surface area contributed by atoms with Gasteiger partial charge in [0.1, 0.15) is 0 Å². The zero-order valence-electron chi connectivity index (χ0n) is 12.6. The molecule has 0 atom stereocenters. The summed E-state index contributed by atoms with van der Waals surface area (Å²) in [6.07, 6.45) is 4.39. The fourth-order valence-electron chi connectivity index (χ4n) is 2.94. The first kappa shape index (κ1) is 14.4. The predicted molar refractivity (Wildman–Crippen MR) is 85.6 cm³/mol. The lowest BCUT2D eigenvalue weighted by molar-refractivity contribution is 0.122. The molecule has 114 valence electrons. The number of aromatic amines is 1. The minimum atomic E-state index is 0.765. The van der Waals surface area contributed by atoms with Crippen LogP contribution in [0.5, 0.6) is 0 Å². The lowest BCUT2D eigenvalue weighted by atomic mass is 9.96. The van der Waals surface area contributed by atoms with Gasteiger partial charge < -0.3 is 15.0 Å². The van der Waals surface area contributed by atoms with Crippen molar-refractivity contribution in [3.05, 3.63) is 24.4 Å². The molecule has 1 fully saturated rings. The van der Waals surface area contributed by atoms with Crippen molar-refractivity contribution in [2.24, 2.45) is 5.92 Å². The summed E-state index contributed by atoms with van der Waals surface area (Å²) in [6, 6.07) is 6.37. The number of hydrogen-bond donors (Lipinski definition) is 2. The Morgan fingerprint density at radius 1 is 1.38 bits per heavy atom. The van der Waals surface area contributed by atoms with Gasteiger partial charge in [0, 0.05) is 31.3 Å². The van der Waals surface area contributed by atoms with Gasteiger partial charge in [0.2, 0.25) is 0 Å². The van der Waals surface area contributed by atoms with Gasteiger partial charge >= 0.3 is 0 Å². The number of hydrogen-bond acceptors (Lipinski definition) is 4. The molecular weight excluding hydrogens is 264 g/mol. The zero-order valence-corrected chi connectivity index (χ0v) is 12.6. The molecule has 1 aromatic heterocycles. The molecule has 2 aromatic rings. The Balaban J connectivity index is 1.45. The molecule has 1 aliphatic rings. The summed E-state index contributed by atoms with van der Waals surface area (Å²) in [7, 11) is 1.77. The zero-order chi connectivity index (χ0) is 14.5. The summed E-state index contributed by atoms with van der Waals surface area (Å²) >= 11 is 0. The number of H-pyrrole nitrogens is 1. The summed E-state index contributed by atoms with van der Waals surface area (Å²) in [5, 5.41) is 11.8. The second-order valence-corrected chi connectivity index (χ2v) is 5.83. The van der Waals surface area contributed by atoms with Crippen LogP contribution >= 0.6 is 0 Å². The molecule has 21 heavy (non-hydrogen) atoms. The lowest BCUT2D eigenvalue weighted by Gasteiger charge is -2.31. The van der Waals surface area contributed by atoms with Crippen LogP contribution in [0.15, 0.2) is 24.4 Å². The molecule has 0 spiro atoms. The van der Waals surface area contributed by atoms with Crippen LogP contribution in [0, 0.1) is 5.92 Å². The third kappa shape index (κ3) is 3.74. The summed E-state index contributed by atoms with van der Waals surface area (Å²) in [5.74, 6) is 0.765. The van der Waals surface area contributed by atoms with Gasteiger partial charge in [0.05, 0.1) is 18.3 Å². The van der Waals surface area contributed by atoms with E-state index >= 15 is 0 Å². The second-order valence-electron chi connectivity index (χ2n) is 5.83. The van der Waals surface area contributed by atoms with Gasteiger partial charge in [-0.3, -0.25) is 5.10 Å². The van der Waals surface area contributed by atoms with Crippen LogP contribution in [0.1, 0.15) is 12.8 Å². The topological polar surface area (TPSA) is 53.2 Å². The molecule has 0 bridgehead atoms. The highest BCUT2D eigenvalue weighted by Crippen LogP contribution is 2.20. The summed E-state index contributed by atoms with van der Waals surface area (Å²) < 4.78 is 5.14. The van der Waals surface area contributed by atoms with E-state index < -0.39 is 0 Å². The quantitative estimate of drug-likeness (QED) is 0.856. The van der Waals surface area contributed by atoms with E-state index in [9.17, 15) is 0 Å². The summed E-state index contributed by atoms with van der Waals surface area (Å²) in [4.78, 5) is 2.50. The fourth-order valence-corrected chi connectivity index (χ4v) is 2.94. The van der Waals surface area contributed by atoms with E-state index in [1.165, 1.54) is 31.6 Å². The molecule has 1 aromatic carbocycles. The highest BCUT2D eigenvalue weighted by Gasteiger charge is 2.18. The van der Waals surface area contributed by atoms with Crippen molar-refractivity contribution >= 4 is 16.6 Å². The van der Waals surface area contributed by atoms with Gasteiger partial charge in [-0.2, -0.15) is 5.10 Å². The van der Waals surface area contributed by atoms with Crippen molar-refractivity contribution in [2.75, 3.05) is 45.2 Å². The normalized spacial score (nSPS) is 17.4. The van der Waals surface area contributed by atoms with Crippen molar-refractivity contribution in [2.45, 2.75) is 12.8 Å². The van der Waals surface area contributed by atoms with Crippen LogP contribution in [0.4, 0.5) is 5.69 Å². The van der Waals surface area contributed by atoms with Crippen molar-refractivity contribution in [3.8, 4) is 0 Å². The van der Waals surface area contributed by atoms with Gasteiger partial charge in [-0.1, -0.05) is 0 Å². The summed E-state index contributed by atoms with van der Waals surface area (Å²) in [5.41, 5.74) is 2.27. The molecule has 5 heteroatoms. The monoisotopic (exact) mass is 288 g/mol. The van der Waals surface area contributed by atoms with Crippen molar-refractivity contribution in [3.63, 3.8) is 0 Å². The number of ether oxygens (including phenoxy) is 1. The van der Waals surface area contributed by atoms with Gasteiger partial charge in [-0.05, 0) is 50.0 Å². The van der Waals surface area contributed by atoms with E-state index in [4.69, 9.17) is 4.74 Å². The average Bonchev–Trinajstić information content (AvgIpc) is 2.99. The van der Waals surface area contributed by atoms with Crippen molar-refractivity contribution in [1.29, 1.82) is 0 Å². The largest absolute Gasteiger partial charge is 0.385 e. The number of aromatic nitrogens is 2. The average molecular weight is 288 g/mol. The molecule has 3 rings (SSSR count). The molecular formula is C16H24N4O. The number of nitrogens with zero attached hydrogens (tertiary/aromatic N) is 2. The first-order valence-electron chi connectivity index (χ1n) is 7.73. The molecule has 0 unspecified atom stereocenters. The lowest BCUT2D eigenvalue weighted by Crippen LogP contribution is -2.37. The van der Waals surface area contributed by atoms with Crippen LogP contribution in [0.3, 0.4) is 0 Å². The van der Waals surface area contributed by atoms with E-state index in [0.29, 0.717) is 0 Å². The molecule has 2 N–H and O–H groups in total. The molecule has 0 saturated carbocycles. The molecule has 1 aliphatic heterocycles. The number of benzene rings is 1. The van der Waals surface area contributed by atoms with Gasteiger partial charge in [0.15, 0.2) is 0 Å². The Kier molecular flexibility index (Phi) is 4.72. The minimum absolute atomic E-state index is 0.765. The maximum atomic E-state index is 5.14. The van der Waals surface area contributed by atoms with Crippen LogP contribution in [0.25, 0.3) is 10.9 Å². The standard InChI is InChI=1S/C16H24N4O/c1-21-9-8-20-6-4-13(5-7-20)11-17-15-3-2-14-12-18-19-16(14)10-15/h2-3,10,12-13,17H,4-9,11H2,1H3,(H,18,19). The molecule has 0 aliphatic carbocycles. The summed E-state index contributed by atoms with van der Waals surface area (Å²) in [6.45, 7) is 5.34. The maximum absolute atomic E-state index is 5.14. The Hall–Kier alpha value is -1.59. The number of methoxy groups -OCH3 is 1. The first-order chi connectivity index (χ1) is 10.3. The Morgan fingerprint density at radius 3 is 3.05 bits per heavy atom. The highest BCUT2D eigenvalue weighted by atomic mass is 16.5. The van der Waals surface area contributed by atoms with Crippen molar-refractivity contribution < 1.29 is 4.74 Å². The minimum Gasteiger partial charge on any atom is -0.385 e. The number of rotatable bonds is 6. The molecule has 0 amide bonds. The predicted octanol–water partition coefficient (Wildman–Crippen LogP) is 2.33. The molecule has 5 nitrogen and oxygen atoms in total. The number of fused-ring (bicyclic) bond motifs is 1. The Morgan fingerprint density at radius 2 is 2.24 bits per heavy atom. The van der Waals surface area contributed by atoms with E-state index in [-0.39, 0.29) is 0 Å². The van der Waals surface area contributed by atoms with Gasteiger partial charge in [-0.15, -0.1) is 0 Å². The van der Waals surface area contributed by atoms with E-state index in [0.717, 1.165) is 36.5 Å². The Labute approximate surface area is 125 Å². The van der Waals surface area contributed by atoms with E-state index in [2.05, 4.69) is 38.6 Å². The van der Waals surface area contributed by atoms with Crippen LogP contribution in [0.2, 0.25) is 0 Å². The third-order valence-electron chi connectivity index (χ3n) is 4.36. The van der Waals surface area contributed by atoms with Crippen LogP contribution in [-0.2, 0) is 4.74 Å². The third-order valence-corrected chi connectivity index (χ3v) is 4.36. The fraction of sp³-hybridized carbons (Fsp3) is 0.562. The van der Waals surface area contributed by atoms with Crippen LogP contribution < -0.4 is 5.32 Å². The van der Waals surface area contributed by atoms with Gasteiger partial charge in [0.25, 0.3) is 0 Å². The number of piperidine rings is 1. The molecule has 2 heterocycles. The smallest absolute Gasteiger partial charge is 0.0670 e. The van der Waals surface area contributed by atoms with E-state index in [1.54, 1.807) is 7.11 Å². The van der Waals surface area contributed by atoms with Gasteiger partial charge in [-0.25, -0.2) is 0 Å². The Bertz CT molecular complexity index is 560. The number of likely N-dealkylation sites (tertiary alicyclic amines) is 1. The second kappa shape index (κ2) is 6.91. The number of anilines is 1. The number of nitrogens with one attached hydrogen (secondary N) is 2. The molecule has 1 saturated heterocycles. The maximum Gasteiger partial charge on any atom is 0.0670 e.